The zero-order chi connectivity index (χ0) is 14.3. The third-order valence-electron chi connectivity index (χ3n) is 3.24. The minimum absolute atomic E-state index is 0.0311. The maximum absolute atomic E-state index is 11.4. The summed E-state index contributed by atoms with van der Waals surface area (Å²) in [5.41, 5.74) is 1.09. The number of azo groups is 1. The van der Waals surface area contributed by atoms with E-state index in [4.69, 9.17) is 0 Å². The second-order valence-electron chi connectivity index (χ2n) is 4.78. The summed E-state index contributed by atoms with van der Waals surface area (Å²) in [6, 6.07) is 5.17. The van der Waals surface area contributed by atoms with Crippen molar-refractivity contribution in [2.24, 2.45) is 10.2 Å². The molecule has 6 nitrogen and oxygen atoms in total. The first-order chi connectivity index (χ1) is 9.44. The van der Waals surface area contributed by atoms with Crippen LogP contribution in [0.25, 0.3) is 10.9 Å². The van der Waals surface area contributed by atoms with Gasteiger partial charge in [0.05, 0.1) is 23.1 Å². The first-order valence-corrected chi connectivity index (χ1v) is 8.67. The van der Waals surface area contributed by atoms with Gasteiger partial charge in [-0.1, -0.05) is 15.9 Å². The highest BCUT2D eigenvalue weighted by atomic mass is 79.9. The van der Waals surface area contributed by atoms with Gasteiger partial charge in [0.15, 0.2) is 15.5 Å². The molecule has 1 aliphatic rings. The predicted molar refractivity (Wildman–Crippen MR) is 79.2 cm³/mol. The lowest BCUT2D eigenvalue weighted by atomic mass is 10.2. The molecule has 1 aromatic carbocycles. The SMILES string of the molecule is O=S1(=O)CC[C@H](N=Nc2c(O)[nH]c3ccc(Br)cc23)C1. The lowest BCUT2D eigenvalue weighted by molar-refractivity contribution is 0.459. The molecule has 20 heavy (non-hydrogen) atoms. The van der Waals surface area contributed by atoms with Gasteiger partial charge in [-0.2, -0.15) is 5.11 Å². The number of rotatable bonds is 2. The maximum atomic E-state index is 11.4. The van der Waals surface area contributed by atoms with Crippen LogP contribution in [0, 0.1) is 0 Å². The summed E-state index contributed by atoms with van der Waals surface area (Å²) in [6.45, 7) is 0. The highest BCUT2D eigenvalue weighted by Gasteiger charge is 2.27. The van der Waals surface area contributed by atoms with E-state index in [0.717, 1.165) is 15.4 Å². The third kappa shape index (κ3) is 2.57. The summed E-state index contributed by atoms with van der Waals surface area (Å²) in [5.74, 6) is 0.119. The first kappa shape index (κ1) is 13.6. The van der Waals surface area contributed by atoms with Crippen LogP contribution in [0.4, 0.5) is 5.69 Å². The normalized spacial score (nSPS) is 21.9. The van der Waals surface area contributed by atoms with Crippen molar-refractivity contribution in [1.82, 2.24) is 4.98 Å². The number of aromatic nitrogens is 1. The van der Waals surface area contributed by atoms with Gasteiger partial charge in [-0.15, -0.1) is 5.11 Å². The molecule has 2 N–H and O–H groups in total. The van der Waals surface area contributed by atoms with E-state index in [-0.39, 0.29) is 23.4 Å². The highest BCUT2D eigenvalue weighted by Crippen LogP contribution is 2.37. The molecule has 2 heterocycles. The van der Waals surface area contributed by atoms with Gasteiger partial charge in [0.25, 0.3) is 0 Å². The fourth-order valence-corrected chi connectivity index (χ4v) is 4.22. The quantitative estimate of drug-likeness (QED) is 0.808. The van der Waals surface area contributed by atoms with E-state index in [1.54, 1.807) is 0 Å². The topological polar surface area (TPSA) is 94.9 Å². The molecule has 3 rings (SSSR count). The molecule has 1 aliphatic heterocycles. The first-order valence-electron chi connectivity index (χ1n) is 6.06. The number of benzene rings is 1. The van der Waals surface area contributed by atoms with Gasteiger partial charge in [-0.25, -0.2) is 8.42 Å². The summed E-state index contributed by atoms with van der Waals surface area (Å²) >= 11 is 3.36. The fourth-order valence-electron chi connectivity index (χ4n) is 2.24. The summed E-state index contributed by atoms with van der Waals surface area (Å²) in [7, 11) is -2.98. The van der Waals surface area contributed by atoms with E-state index in [1.807, 2.05) is 18.2 Å². The Hall–Kier alpha value is -1.41. The molecule has 1 atom stereocenters. The molecular formula is C12H12BrN3O3S. The Bertz CT molecular complexity index is 798. The van der Waals surface area contributed by atoms with Crippen molar-refractivity contribution in [1.29, 1.82) is 0 Å². The highest BCUT2D eigenvalue weighted by molar-refractivity contribution is 9.10. The minimum atomic E-state index is -2.98. The van der Waals surface area contributed by atoms with Crippen LogP contribution in [0.15, 0.2) is 32.9 Å². The molecule has 0 amide bonds. The summed E-state index contributed by atoms with van der Waals surface area (Å²) in [6.07, 6.45) is 0.485. The van der Waals surface area contributed by atoms with E-state index < -0.39 is 9.84 Å². The third-order valence-corrected chi connectivity index (χ3v) is 5.49. The fraction of sp³-hybridized carbons (Fsp3) is 0.333. The Morgan fingerprint density at radius 2 is 2.20 bits per heavy atom. The lowest BCUT2D eigenvalue weighted by Gasteiger charge is -1.98. The van der Waals surface area contributed by atoms with Crippen LogP contribution in [0.3, 0.4) is 0 Å². The van der Waals surface area contributed by atoms with Gasteiger partial charge in [0.2, 0.25) is 5.88 Å². The average molecular weight is 358 g/mol. The van der Waals surface area contributed by atoms with Crippen LogP contribution >= 0.6 is 15.9 Å². The number of aromatic hydroxyl groups is 1. The second kappa shape index (κ2) is 4.85. The number of hydrogen-bond acceptors (Lipinski definition) is 5. The largest absolute Gasteiger partial charge is 0.493 e. The molecule has 0 bridgehead atoms. The number of H-pyrrole nitrogens is 1. The van der Waals surface area contributed by atoms with Gasteiger partial charge < -0.3 is 10.1 Å². The van der Waals surface area contributed by atoms with Crippen molar-refractivity contribution in [3.63, 3.8) is 0 Å². The van der Waals surface area contributed by atoms with Gasteiger partial charge >= 0.3 is 0 Å². The Morgan fingerprint density at radius 3 is 2.90 bits per heavy atom. The number of hydrogen-bond donors (Lipinski definition) is 2. The predicted octanol–water partition coefficient (Wildman–Crippen LogP) is 2.91. The summed E-state index contributed by atoms with van der Waals surface area (Å²) in [5, 5.41) is 18.7. The molecule has 106 valence electrons. The molecule has 1 fully saturated rings. The van der Waals surface area contributed by atoms with Crippen LogP contribution in [0.5, 0.6) is 5.88 Å². The van der Waals surface area contributed by atoms with E-state index in [0.29, 0.717) is 12.1 Å². The number of fused-ring (bicyclic) bond motifs is 1. The summed E-state index contributed by atoms with van der Waals surface area (Å²) < 4.78 is 23.6. The number of aromatic amines is 1. The number of halogens is 1. The average Bonchev–Trinajstić information content (AvgIpc) is 2.86. The second-order valence-corrected chi connectivity index (χ2v) is 7.93. The van der Waals surface area contributed by atoms with E-state index in [2.05, 4.69) is 31.1 Å². The van der Waals surface area contributed by atoms with Crippen molar-refractivity contribution in [2.45, 2.75) is 12.5 Å². The van der Waals surface area contributed by atoms with Gasteiger partial charge in [0, 0.05) is 9.86 Å². The van der Waals surface area contributed by atoms with Crippen LogP contribution in [-0.2, 0) is 9.84 Å². The molecule has 0 saturated carbocycles. The Balaban J connectivity index is 1.95. The van der Waals surface area contributed by atoms with Crippen LogP contribution in [0.2, 0.25) is 0 Å². The molecule has 1 aromatic heterocycles. The van der Waals surface area contributed by atoms with Crippen LogP contribution in [0.1, 0.15) is 6.42 Å². The minimum Gasteiger partial charge on any atom is -0.493 e. The standard InChI is InChI=1S/C12H12BrN3O3S/c13-7-1-2-10-9(5-7)11(12(17)14-10)16-15-8-3-4-20(18,19)6-8/h1-2,5,8,14,17H,3-4,6H2/t8-/m0/s1. The Labute approximate surface area is 124 Å². The van der Waals surface area contributed by atoms with Crippen molar-refractivity contribution in [2.75, 3.05) is 11.5 Å². The zero-order valence-corrected chi connectivity index (χ0v) is 12.8. The van der Waals surface area contributed by atoms with E-state index >= 15 is 0 Å². The molecule has 0 unspecified atom stereocenters. The smallest absolute Gasteiger partial charge is 0.218 e. The van der Waals surface area contributed by atoms with Crippen molar-refractivity contribution < 1.29 is 13.5 Å². The van der Waals surface area contributed by atoms with Crippen LogP contribution < -0.4 is 0 Å². The summed E-state index contributed by atoms with van der Waals surface area (Å²) in [4.78, 5) is 2.81. The molecule has 1 saturated heterocycles. The number of sulfone groups is 1. The molecule has 8 heteroatoms. The van der Waals surface area contributed by atoms with Crippen molar-refractivity contribution in [3.05, 3.63) is 22.7 Å². The molecule has 0 radical (unpaired) electrons. The number of nitrogens with one attached hydrogen (secondary N) is 1. The molecular weight excluding hydrogens is 346 g/mol. The van der Waals surface area contributed by atoms with E-state index in [9.17, 15) is 13.5 Å². The van der Waals surface area contributed by atoms with Gasteiger partial charge in [-0.05, 0) is 24.6 Å². The monoisotopic (exact) mass is 357 g/mol. The van der Waals surface area contributed by atoms with Crippen molar-refractivity contribution in [3.8, 4) is 5.88 Å². The lowest BCUT2D eigenvalue weighted by Crippen LogP contribution is -2.06. The van der Waals surface area contributed by atoms with Crippen molar-refractivity contribution >= 4 is 42.4 Å². The molecule has 2 aromatic rings. The Kier molecular flexibility index (Phi) is 3.29. The van der Waals surface area contributed by atoms with Crippen LogP contribution in [-0.4, -0.2) is 36.1 Å². The molecule has 0 aliphatic carbocycles. The zero-order valence-electron chi connectivity index (χ0n) is 10.4. The van der Waals surface area contributed by atoms with Gasteiger partial charge in [0.1, 0.15) is 0 Å². The maximum Gasteiger partial charge on any atom is 0.218 e. The Morgan fingerprint density at radius 1 is 1.40 bits per heavy atom. The van der Waals surface area contributed by atoms with E-state index in [1.165, 1.54) is 0 Å². The van der Waals surface area contributed by atoms with Gasteiger partial charge in [-0.3, -0.25) is 0 Å². The number of nitrogens with zero attached hydrogens (tertiary/aromatic N) is 2. The molecule has 0 spiro atoms.